The number of halogens is 1. The standard InChI is InChI=1S/C44H41N5O6S.BrH/c1-44(2,3)55-43(53)46-36-40(51)49-37(42(52)54-38(32-10-6-4-7-11-32)33-12-8-5-9-13-33)35(28-56-41(36)49)24-34-20-23-48(39(34)50)27-31-18-21-47(22-19-31)26-30-16-14-29(25-45)15-17-30;/h4-19,21-22,24,36,38,41H,20,23,26-28H2,1-3H3;1H/b34-24+;/t36-,41-;/m1./s1. The normalized spacial score (nSPS) is 18.4. The van der Waals surface area contributed by atoms with Crippen LogP contribution in [0.5, 0.6) is 0 Å². The second-order valence-corrected chi connectivity index (χ2v) is 16.0. The van der Waals surface area contributed by atoms with E-state index in [0.29, 0.717) is 48.5 Å². The molecule has 3 amide bonds. The molecular formula is C44H42BrN5O6S. The van der Waals surface area contributed by atoms with Gasteiger partial charge in [0.1, 0.15) is 22.7 Å². The van der Waals surface area contributed by atoms with Gasteiger partial charge in [0, 0.05) is 42.1 Å². The quantitative estimate of drug-likeness (QED) is 0.112. The number of nitriles is 1. The highest BCUT2D eigenvalue weighted by molar-refractivity contribution is 8.00. The molecular weight excluding hydrogens is 806 g/mol. The van der Waals surface area contributed by atoms with Crippen molar-refractivity contribution in [1.29, 1.82) is 5.26 Å². The number of fused-ring (bicyclic) bond motifs is 1. The third kappa shape index (κ3) is 9.47. The number of aromatic nitrogens is 1. The van der Waals surface area contributed by atoms with Crippen LogP contribution in [-0.4, -0.2) is 63.0 Å². The number of amides is 3. The first-order valence-corrected chi connectivity index (χ1v) is 19.5. The molecule has 0 spiro atoms. The predicted molar refractivity (Wildman–Crippen MR) is 209 cm³/mol. The Morgan fingerprint density at radius 2 is 1.58 bits per heavy atom. The average Bonchev–Trinajstić information content (AvgIpc) is 3.53. The topological polar surface area (TPSA) is 133 Å². The van der Waals surface area contributed by atoms with Crippen LogP contribution in [0.4, 0.5) is 4.79 Å². The van der Waals surface area contributed by atoms with E-state index in [2.05, 4.69) is 11.4 Å². The number of carbonyl (C=O) groups excluding carboxylic acids is 4. The van der Waals surface area contributed by atoms with Crippen LogP contribution in [0.15, 0.2) is 132 Å². The zero-order chi connectivity index (χ0) is 39.4. The van der Waals surface area contributed by atoms with Gasteiger partial charge in [-0.1, -0.05) is 72.8 Å². The number of thioether (sulfide) groups is 1. The van der Waals surface area contributed by atoms with Gasteiger partial charge in [-0.3, -0.25) is 14.5 Å². The van der Waals surface area contributed by atoms with Crippen molar-refractivity contribution in [3.63, 3.8) is 0 Å². The number of allylic oxidation sites excluding steroid dienone is 1. The minimum absolute atomic E-state index is 0. The highest BCUT2D eigenvalue weighted by atomic mass is 79.9. The molecule has 7 rings (SSSR count). The Morgan fingerprint density at radius 1 is 0.947 bits per heavy atom. The fraction of sp³-hybridized carbons (Fsp3) is 0.273. The summed E-state index contributed by atoms with van der Waals surface area (Å²) in [5.41, 5.74) is 4.53. The molecule has 2 fully saturated rings. The number of likely N-dealkylation sites (tertiary alicyclic amines) is 1. The molecule has 1 N–H and O–H groups in total. The Morgan fingerprint density at radius 3 is 2.18 bits per heavy atom. The Balaban J connectivity index is 0.00000549. The molecule has 2 saturated heterocycles. The zero-order valence-corrected chi connectivity index (χ0v) is 34.2. The van der Waals surface area contributed by atoms with E-state index in [4.69, 9.17) is 14.7 Å². The molecule has 292 valence electrons. The lowest BCUT2D eigenvalue weighted by Gasteiger charge is -2.49. The fourth-order valence-corrected chi connectivity index (χ4v) is 8.21. The molecule has 0 radical (unpaired) electrons. The number of benzene rings is 3. The first-order valence-electron chi connectivity index (χ1n) is 18.4. The second-order valence-electron chi connectivity index (χ2n) is 14.8. The maximum absolute atomic E-state index is 14.4. The highest BCUT2D eigenvalue weighted by Gasteiger charge is 2.55. The number of ether oxygens (including phenoxy) is 2. The molecule has 4 aromatic rings. The van der Waals surface area contributed by atoms with Crippen LogP contribution in [0.25, 0.3) is 0 Å². The van der Waals surface area contributed by atoms with E-state index in [9.17, 15) is 19.2 Å². The van der Waals surface area contributed by atoms with Crippen LogP contribution in [0.2, 0.25) is 0 Å². The largest absolute Gasteiger partial charge is 1.00 e. The molecule has 0 unspecified atom stereocenters. The minimum Gasteiger partial charge on any atom is -1.00 e. The lowest BCUT2D eigenvalue weighted by atomic mass is 10.00. The predicted octanol–water partition coefficient (Wildman–Crippen LogP) is 2.95. The van der Waals surface area contributed by atoms with Crippen LogP contribution < -0.4 is 26.9 Å². The molecule has 4 heterocycles. The SMILES string of the molecule is CC(C)(C)OC(=O)N[C@@H]1C(=O)N2C(C(=O)OC(c3ccccc3)c3ccccc3)=C(/C=C3\CCN(Cc4cc[n+](Cc5ccc(C#N)cc5)cc4)C3=O)CS[C@H]12.[Br-]. The molecule has 0 saturated carbocycles. The third-order valence-corrected chi connectivity index (χ3v) is 10.9. The summed E-state index contributed by atoms with van der Waals surface area (Å²) >= 11 is 1.40. The van der Waals surface area contributed by atoms with Crippen molar-refractivity contribution in [2.45, 2.75) is 63.4 Å². The van der Waals surface area contributed by atoms with E-state index in [-0.39, 0.29) is 28.6 Å². The van der Waals surface area contributed by atoms with E-state index in [1.54, 1.807) is 43.9 Å². The number of β-lactam (4-membered cyclic amide) rings is 1. The maximum Gasteiger partial charge on any atom is 0.408 e. The number of nitrogens with one attached hydrogen (secondary N) is 1. The summed E-state index contributed by atoms with van der Waals surface area (Å²) in [5, 5.41) is 11.2. The average molecular weight is 849 g/mol. The number of hydrogen-bond acceptors (Lipinski definition) is 8. The second kappa shape index (κ2) is 17.6. The fourth-order valence-electron chi connectivity index (χ4n) is 6.90. The summed E-state index contributed by atoms with van der Waals surface area (Å²) in [4.78, 5) is 57.9. The first-order chi connectivity index (χ1) is 27.0. The summed E-state index contributed by atoms with van der Waals surface area (Å²) in [6, 6.07) is 31.4. The van der Waals surface area contributed by atoms with Crippen LogP contribution in [0.3, 0.4) is 0 Å². The molecule has 3 aliphatic heterocycles. The van der Waals surface area contributed by atoms with Crippen molar-refractivity contribution in [3.05, 3.63) is 160 Å². The summed E-state index contributed by atoms with van der Waals surface area (Å²) in [5.74, 6) is -1.00. The molecule has 0 aliphatic carbocycles. The molecule has 57 heavy (non-hydrogen) atoms. The van der Waals surface area contributed by atoms with E-state index in [0.717, 1.165) is 22.3 Å². The molecule has 13 heteroatoms. The summed E-state index contributed by atoms with van der Waals surface area (Å²) in [6.07, 6.45) is 4.66. The molecule has 2 atom stereocenters. The number of esters is 1. The number of alkyl carbamates (subject to hydrolysis) is 1. The number of pyridine rings is 1. The summed E-state index contributed by atoms with van der Waals surface area (Å²) in [7, 11) is 0. The number of hydrogen-bond donors (Lipinski definition) is 1. The van der Waals surface area contributed by atoms with E-state index in [1.807, 2.05) is 102 Å². The van der Waals surface area contributed by atoms with Crippen molar-refractivity contribution >= 4 is 35.6 Å². The zero-order valence-electron chi connectivity index (χ0n) is 31.8. The van der Waals surface area contributed by atoms with Crippen LogP contribution in [0, 0.1) is 11.3 Å². The summed E-state index contributed by atoms with van der Waals surface area (Å²) in [6.45, 7) is 6.79. The number of carbonyl (C=O) groups is 4. The van der Waals surface area contributed by atoms with Crippen LogP contribution in [-0.2, 0) is 36.9 Å². The van der Waals surface area contributed by atoms with Gasteiger partial charge in [0.15, 0.2) is 25.0 Å². The monoisotopic (exact) mass is 847 g/mol. The minimum atomic E-state index is -0.900. The van der Waals surface area contributed by atoms with Crippen molar-refractivity contribution < 1.29 is 50.2 Å². The van der Waals surface area contributed by atoms with Crippen molar-refractivity contribution in [3.8, 4) is 6.07 Å². The van der Waals surface area contributed by atoms with Gasteiger partial charge in [0.2, 0.25) is 5.91 Å². The molecule has 1 aromatic heterocycles. The molecule has 3 aromatic carbocycles. The van der Waals surface area contributed by atoms with Crippen LogP contribution >= 0.6 is 11.8 Å². The van der Waals surface area contributed by atoms with Crippen molar-refractivity contribution in [2.75, 3.05) is 12.3 Å². The van der Waals surface area contributed by atoms with E-state index in [1.165, 1.54) is 16.7 Å². The molecule has 11 nitrogen and oxygen atoms in total. The van der Waals surface area contributed by atoms with Gasteiger partial charge in [-0.2, -0.15) is 5.26 Å². The van der Waals surface area contributed by atoms with E-state index < -0.39 is 41.1 Å². The van der Waals surface area contributed by atoms with Gasteiger partial charge < -0.3 is 36.7 Å². The van der Waals surface area contributed by atoms with E-state index >= 15 is 0 Å². The third-order valence-electron chi connectivity index (χ3n) is 9.64. The van der Waals surface area contributed by atoms with Gasteiger partial charge in [-0.25, -0.2) is 14.2 Å². The Hall–Kier alpha value is -5.71. The van der Waals surface area contributed by atoms with Crippen LogP contribution in [0.1, 0.15) is 61.1 Å². The first kappa shape index (κ1) is 40.9. The number of nitrogens with zero attached hydrogens (tertiary/aromatic N) is 4. The van der Waals surface area contributed by atoms with Crippen molar-refractivity contribution in [2.24, 2.45) is 0 Å². The smallest absolute Gasteiger partial charge is 0.408 e. The van der Waals surface area contributed by atoms with Gasteiger partial charge in [-0.05, 0) is 67.7 Å². The van der Waals surface area contributed by atoms with Gasteiger partial charge in [-0.15, -0.1) is 11.8 Å². The molecule has 0 bridgehead atoms. The van der Waals surface area contributed by atoms with Crippen molar-refractivity contribution in [1.82, 2.24) is 15.1 Å². The van der Waals surface area contributed by atoms with Gasteiger partial charge >= 0.3 is 12.1 Å². The molecule has 3 aliphatic rings. The lowest BCUT2D eigenvalue weighted by molar-refractivity contribution is -0.688. The van der Waals surface area contributed by atoms with Gasteiger partial charge in [0.05, 0.1) is 11.6 Å². The lowest BCUT2D eigenvalue weighted by Crippen LogP contribution is -3.00. The Kier molecular flexibility index (Phi) is 12.6. The highest BCUT2D eigenvalue weighted by Crippen LogP contribution is 2.42. The Bertz CT molecular complexity index is 2200. The number of rotatable bonds is 10. The van der Waals surface area contributed by atoms with Gasteiger partial charge in [0.25, 0.3) is 5.91 Å². The summed E-state index contributed by atoms with van der Waals surface area (Å²) < 4.78 is 13.7. The Labute approximate surface area is 346 Å². The maximum atomic E-state index is 14.4.